The molecule has 0 aliphatic heterocycles. The normalized spacial score (nSPS) is 11.3. The summed E-state index contributed by atoms with van der Waals surface area (Å²) in [5.41, 5.74) is 3.65. The second-order valence-corrected chi connectivity index (χ2v) is 11.0. The van der Waals surface area contributed by atoms with Gasteiger partial charge in [-0.05, 0) is 68.0 Å². The lowest BCUT2D eigenvalue weighted by Gasteiger charge is -2.24. The summed E-state index contributed by atoms with van der Waals surface area (Å²) in [7, 11) is -4.01. The fourth-order valence-corrected chi connectivity index (χ4v) is 5.67. The summed E-state index contributed by atoms with van der Waals surface area (Å²) in [6.45, 7) is 3.98. The smallest absolute Gasteiger partial charge is 0.264 e. The highest BCUT2D eigenvalue weighted by Crippen LogP contribution is 2.24. The molecule has 0 saturated carbocycles. The number of nitrogens with zero attached hydrogens (tertiary/aromatic N) is 1. The first-order chi connectivity index (χ1) is 16.3. The van der Waals surface area contributed by atoms with Crippen molar-refractivity contribution in [3.8, 4) is 0 Å². The molecule has 3 aromatic carbocycles. The maximum Gasteiger partial charge on any atom is 0.264 e. The summed E-state index contributed by atoms with van der Waals surface area (Å²) >= 11 is 1.79. The molecule has 0 aliphatic carbocycles. The number of hydrogen-bond donors (Lipinski definition) is 1. The minimum Gasteiger partial charge on any atom is -0.354 e. The van der Waals surface area contributed by atoms with Crippen LogP contribution in [-0.2, 0) is 20.6 Å². The summed E-state index contributed by atoms with van der Waals surface area (Å²) in [4.78, 5) is 12.7. The molecule has 3 rings (SSSR count). The van der Waals surface area contributed by atoms with Crippen molar-refractivity contribution in [2.45, 2.75) is 30.9 Å². The van der Waals surface area contributed by atoms with Gasteiger partial charge in [0.25, 0.3) is 10.0 Å². The molecule has 0 atom stereocenters. The Bertz CT molecular complexity index is 1200. The van der Waals surface area contributed by atoms with E-state index in [1.165, 1.54) is 47.5 Å². The van der Waals surface area contributed by atoms with E-state index in [-0.39, 0.29) is 10.6 Å². The minimum absolute atomic E-state index is 0.0720. The maximum atomic E-state index is 13.4. The maximum absolute atomic E-state index is 13.4. The number of anilines is 1. The van der Waals surface area contributed by atoms with E-state index in [4.69, 9.17) is 0 Å². The highest BCUT2D eigenvalue weighted by atomic mass is 32.2. The van der Waals surface area contributed by atoms with Gasteiger partial charge in [-0.3, -0.25) is 9.10 Å². The van der Waals surface area contributed by atoms with Gasteiger partial charge in [-0.1, -0.05) is 47.5 Å². The monoisotopic (exact) mass is 500 g/mol. The largest absolute Gasteiger partial charge is 0.354 e. The molecule has 1 amide bonds. The number of carbonyl (C=O) groups is 1. The van der Waals surface area contributed by atoms with Gasteiger partial charge in [-0.15, -0.1) is 0 Å². The minimum atomic E-state index is -4.01. The standard InChI is InChI=1S/C26H29FN2O3S2/c1-20-7-13-25(14-8-20)34(31,32)29(24-11-9-23(27)10-12-24)18-26(30)28-15-4-16-33-19-22-6-3-5-21(2)17-22/h3,5-14,17H,4,15-16,18-19H2,1-2H3,(H,28,30). The van der Waals surface area contributed by atoms with Crippen molar-refractivity contribution in [1.29, 1.82) is 0 Å². The Hall–Kier alpha value is -2.84. The van der Waals surface area contributed by atoms with Crippen molar-refractivity contribution in [3.63, 3.8) is 0 Å². The third-order valence-corrected chi connectivity index (χ3v) is 8.05. The molecular weight excluding hydrogens is 471 g/mol. The zero-order valence-electron chi connectivity index (χ0n) is 19.3. The molecule has 0 unspecified atom stereocenters. The van der Waals surface area contributed by atoms with Crippen LogP contribution in [0.2, 0.25) is 0 Å². The number of nitrogens with one attached hydrogen (secondary N) is 1. The van der Waals surface area contributed by atoms with Gasteiger partial charge in [-0.25, -0.2) is 12.8 Å². The number of amides is 1. The lowest BCUT2D eigenvalue weighted by Crippen LogP contribution is -2.41. The van der Waals surface area contributed by atoms with Gasteiger partial charge in [0.2, 0.25) is 5.91 Å². The van der Waals surface area contributed by atoms with E-state index < -0.39 is 28.3 Å². The van der Waals surface area contributed by atoms with Crippen molar-refractivity contribution in [2.24, 2.45) is 0 Å². The Morgan fingerprint density at radius 1 is 0.971 bits per heavy atom. The van der Waals surface area contributed by atoms with Crippen LogP contribution in [0.4, 0.5) is 10.1 Å². The molecule has 5 nitrogen and oxygen atoms in total. The Morgan fingerprint density at radius 2 is 1.68 bits per heavy atom. The number of benzene rings is 3. The second-order valence-electron chi connectivity index (χ2n) is 8.05. The molecule has 0 spiro atoms. The number of hydrogen-bond acceptors (Lipinski definition) is 4. The first-order valence-corrected chi connectivity index (χ1v) is 13.6. The highest BCUT2D eigenvalue weighted by molar-refractivity contribution is 7.98. The average molecular weight is 501 g/mol. The number of carbonyl (C=O) groups excluding carboxylic acids is 1. The number of halogens is 1. The van der Waals surface area contributed by atoms with Crippen LogP contribution in [0.5, 0.6) is 0 Å². The van der Waals surface area contributed by atoms with Gasteiger partial charge in [0.05, 0.1) is 10.6 Å². The summed E-state index contributed by atoms with van der Waals surface area (Å²) in [5.74, 6) is 0.882. The molecule has 34 heavy (non-hydrogen) atoms. The molecule has 0 saturated heterocycles. The van der Waals surface area contributed by atoms with Gasteiger partial charge in [0, 0.05) is 12.3 Å². The van der Waals surface area contributed by atoms with Crippen LogP contribution < -0.4 is 9.62 Å². The fourth-order valence-electron chi connectivity index (χ4n) is 3.34. The van der Waals surface area contributed by atoms with Crippen molar-refractivity contribution < 1.29 is 17.6 Å². The zero-order chi connectivity index (χ0) is 24.6. The van der Waals surface area contributed by atoms with Crippen molar-refractivity contribution in [3.05, 3.63) is 95.3 Å². The topological polar surface area (TPSA) is 66.5 Å². The van der Waals surface area contributed by atoms with Crippen LogP contribution in [0, 0.1) is 19.7 Å². The van der Waals surface area contributed by atoms with Gasteiger partial charge in [0.15, 0.2) is 0 Å². The molecule has 180 valence electrons. The van der Waals surface area contributed by atoms with Crippen molar-refractivity contribution in [1.82, 2.24) is 5.32 Å². The summed E-state index contributed by atoms with van der Waals surface area (Å²) < 4.78 is 41.0. The lowest BCUT2D eigenvalue weighted by molar-refractivity contribution is -0.119. The summed E-state index contributed by atoms with van der Waals surface area (Å²) in [6.07, 6.45) is 0.767. The molecule has 0 fully saturated rings. The molecule has 0 heterocycles. The van der Waals surface area contributed by atoms with Gasteiger partial charge < -0.3 is 5.32 Å². The van der Waals surface area contributed by atoms with E-state index >= 15 is 0 Å². The predicted molar refractivity (Wildman–Crippen MR) is 137 cm³/mol. The Labute approximate surface area is 205 Å². The van der Waals surface area contributed by atoms with E-state index in [1.54, 1.807) is 23.9 Å². The third kappa shape index (κ3) is 7.33. The van der Waals surface area contributed by atoms with E-state index in [1.807, 2.05) is 13.0 Å². The van der Waals surface area contributed by atoms with Crippen molar-refractivity contribution in [2.75, 3.05) is 23.1 Å². The Morgan fingerprint density at radius 3 is 2.35 bits per heavy atom. The van der Waals surface area contributed by atoms with Crippen LogP contribution in [0.15, 0.2) is 77.7 Å². The predicted octanol–water partition coefficient (Wildman–Crippen LogP) is 5.08. The average Bonchev–Trinajstić information content (AvgIpc) is 2.81. The van der Waals surface area contributed by atoms with Gasteiger partial charge in [0.1, 0.15) is 12.4 Å². The number of aryl methyl sites for hydroxylation is 2. The fraction of sp³-hybridized carbons (Fsp3) is 0.269. The van der Waals surface area contributed by atoms with Crippen LogP contribution in [0.25, 0.3) is 0 Å². The second kappa shape index (κ2) is 12.0. The van der Waals surface area contributed by atoms with Crippen molar-refractivity contribution >= 4 is 33.4 Å². The molecule has 8 heteroatoms. The molecular formula is C26H29FN2O3S2. The third-order valence-electron chi connectivity index (χ3n) is 5.15. The summed E-state index contributed by atoms with van der Waals surface area (Å²) in [5, 5.41) is 2.80. The summed E-state index contributed by atoms with van der Waals surface area (Å²) in [6, 6.07) is 19.8. The van der Waals surface area contributed by atoms with E-state index in [0.717, 1.165) is 27.8 Å². The molecule has 3 aromatic rings. The van der Waals surface area contributed by atoms with Gasteiger partial charge >= 0.3 is 0 Å². The molecule has 0 aliphatic rings. The van der Waals surface area contributed by atoms with Gasteiger partial charge in [-0.2, -0.15) is 11.8 Å². The Balaban J connectivity index is 1.58. The molecule has 0 radical (unpaired) electrons. The van der Waals surface area contributed by atoms with Crippen LogP contribution in [-0.4, -0.2) is 33.2 Å². The lowest BCUT2D eigenvalue weighted by atomic mass is 10.2. The van der Waals surface area contributed by atoms with Crippen LogP contribution in [0.3, 0.4) is 0 Å². The molecule has 1 N–H and O–H groups in total. The highest BCUT2D eigenvalue weighted by Gasteiger charge is 2.27. The SMILES string of the molecule is Cc1ccc(S(=O)(=O)N(CC(=O)NCCCSCc2cccc(C)c2)c2ccc(F)cc2)cc1. The number of sulfonamides is 1. The number of thioether (sulfide) groups is 1. The molecule has 0 aromatic heterocycles. The van der Waals surface area contributed by atoms with E-state index in [9.17, 15) is 17.6 Å². The van der Waals surface area contributed by atoms with E-state index in [2.05, 4.69) is 30.4 Å². The number of rotatable bonds is 11. The Kier molecular flexibility index (Phi) is 9.12. The van der Waals surface area contributed by atoms with Crippen LogP contribution in [0.1, 0.15) is 23.1 Å². The van der Waals surface area contributed by atoms with Crippen LogP contribution >= 0.6 is 11.8 Å². The first-order valence-electron chi connectivity index (χ1n) is 11.0. The van der Waals surface area contributed by atoms with E-state index in [0.29, 0.717) is 6.54 Å². The molecule has 0 bridgehead atoms. The quantitative estimate of drug-likeness (QED) is 0.373. The first kappa shape index (κ1) is 25.8. The zero-order valence-corrected chi connectivity index (χ0v) is 21.0.